The summed E-state index contributed by atoms with van der Waals surface area (Å²) in [6, 6.07) is 26.8. The summed E-state index contributed by atoms with van der Waals surface area (Å²) >= 11 is 0. The molecule has 1 N–H and O–H groups in total. The molecule has 1 fully saturated rings. The van der Waals surface area contributed by atoms with Gasteiger partial charge < -0.3 is 14.6 Å². The van der Waals surface area contributed by atoms with Crippen LogP contribution in [-0.2, 0) is 19.8 Å². The van der Waals surface area contributed by atoms with Crippen LogP contribution in [0.15, 0.2) is 78.9 Å². The van der Waals surface area contributed by atoms with Gasteiger partial charge in [-0.05, 0) is 48.2 Å². The summed E-state index contributed by atoms with van der Waals surface area (Å²) in [5.41, 5.74) is 3.55. The molecular weight excluding hydrogens is 374 g/mol. The number of likely N-dealkylation sites (tertiary alicyclic amines) is 1. The first-order valence-corrected chi connectivity index (χ1v) is 10.6. The topological polar surface area (TPSA) is 41.9 Å². The SMILES string of the molecule is OCC1CCCN1Cc1ccc(COc2cccc(OCc3ccccc3)c2)cc1. The van der Waals surface area contributed by atoms with Crippen molar-refractivity contribution in [2.45, 2.75) is 38.6 Å². The van der Waals surface area contributed by atoms with Crippen molar-refractivity contribution in [2.75, 3.05) is 13.2 Å². The first-order chi connectivity index (χ1) is 14.8. The average Bonchev–Trinajstić information content (AvgIpc) is 3.25. The van der Waals surface area contributed by atoms with Gasteiger partial charge in [-0.3, -0.25) is 4.90 Å². The van der Waals surface area contributed by atoms with Crippen molar-refractivity contribution in [2.24, 2.45) is 0 Å². The van der Waals surface area contributed by atoms with Gasteiger partial charge in [0.05, 0.1) is 6.61 Å². The van der Waals surface area contributed by atoms with Crippen molar-refractivity contribution >= 4 is 0 Å². The van der Waals surface area contributed by atoms with Crippen molar-refractivity contribution in [1.82, 2.24) is 4.90 Å². The second-order valence-corrected chi connectivity index (χ2v) is 7.80. The molecule has 0 aromatic heterocycles. The quantitative estimate of drug-likeness (QED) is 0.557. The van der Waals surface area contributed by atoms with Crippen molar-refractivity contribution < 1.29 is 14.6 Å². The molecule has 1 heterocycles. The van der Waals surface area contributed by atoms with Crippen LogP contribution in [0.3, 0.4) is 0 Å². The first-order valence-electron chi connectivity index (χ1n) is 10.6. The van der Waals surface area contributed by atoms with Crippen LogP contribution >= 0.6 is 0 Å². The van der Waals surface area contributed by atoms with E-state index >= 15 is 0 Å². The fourth-order valence-electron chi connectivity index (χ4n) is 3.85. The van der Waals surface area contributed by atoms with Gasteiger partial charge in [0.15, 0.2) is 0 Å². The number of nitrogens with zero attached hydrogens (tertiary/aromatic N) is 1. The van der Waals surface area contributed by atoms with Crippen LogP contribution in [0.25, 0.3) is 0 Å². The number of hydrogen-bond acceptors (Lipinski definition) is 4. The Morgan fingerprint density at radius 3 is 2.07 bits per heavy atom. The van der Waals surface area contributed by atoms with Gasteiger partial charge in [-0.1, -0.05) is 60.7 Å². The minimum Gasteiger partial charge on any atom is -0.489 e. The monoisotopic (exact) mass is 403 g/mol. The van der Waals surface area contributed by atoms with E-state index in [0.29, 0.717) is 19.3 Å². The van der Waals surface area contributed by atoms with E-state index in [9.17, 15) is 5.11 Å². The number of hydrogen-bond donors (Lipinski definition) is 1. The predicted octanol–water partition coefficient (Wildman–Crippen LogP) is 4.80. The number of aliphatic hydroxyl groups excluding tert-OH is 1. The fourth-order valence-corrected chi connectivity index (χ4v) is 3.85. The number of benzene rings is 3. The van der Waals surface area contributed by atoms with Gasteiger partial charge in [0, 0.05) is 18.7 Å². The Labute approximate surface area is 178 Å². The molecule has 1 atom stereocenters. The normalized spacial score (nSPS) is 16.5. The lowest BCUT2D eigenvalue weighted by Gasteiger charge is -2.22. The Bertz CT molecular complexity index is 911. The summed E-state index contributed by atoms with van der Waals surface area (Å²) in [6.07, 6.45) is 2.27. The molecule has 4 rings (SSSR count). The molecule has 1 aliphatic heterocycles. The average molecular weight is 404 g/mol. The molecule has 3 aromatic rings. The Kier molecular flexibility index (Phi) is 7.01. The molecular formula is C26H29NO3. The van der Waals surface area contributed by atoms with Gasteiger partial charge >= 0.3 is 0 Å². The molecule has 0 radical (unpaired) electrons. The molecule has 4 heteroatoms. The van der Waals surface area contributed by atoms with Gasteiger partial charge in [0.25, 0.3) is 0 Å². The van der Waals surface area contributed by atoms with E-state index in [1.807, 2.05) is 42.5 Å². The maximum absolute atomic E-state index is 9.48. The third-order valence-corrected chi connectivity index (χ3v) is 5.58. The highest BCUT2D eigenvalue weighted by atomic mass is 16.5. The minimum atomic E-state index is 0.250. The molecule has 4 nitrogen and oxygen atoms in total. The minimum absolute atomic E-state index is 0.250. The van der Waals surface area contributed by atoms with E-state index in [0.717, 1.165) is 42.1 Å². The second-order valence-electron chi connectivity index (χ2n) is 7.80. The highest BCUT2D eigenvalue weighted by Gasteiger charge is 2.23. The molecule has 0 bridgehead atoms. The summed E-state index contributed by atoms with van der Waals surface area (Å²) in [7, 11) is 0. The van der Waals surface area contributed by atoms with Gasteiger partial charge in [-0.2, -0.15) is 0 Å². The van der Waals surface area contributed by atoms with E-state index in [4.69, 9.17) is 9.47 Å². The lowest BCUT2D eigenvalue weighted by atomic mass is 10.1. The van der Waals surface area contributed by atoms with Gasteiger partial charge in [0.2, 0.25) is 0 Å². The lowest BCUT2D eigenvalue weighted by molar-refractivity contribution is 0.153. The second kappa shape index (κ2) is 10.3. The van der Waals surface area contributed by atoms with Crippen LogP contribution in [0.5, 0.6) is 11.5 Å². The molecule has 0 aliphatic carbocycles. The smallest absolute Gasteiger partial charge is 0.123 e. The largest absolute Gasteiger partial charge is 0.489 e. The molecule has 0 spiro atoms. The van der Waals surface area contributed by atoms with Crippen LogP contribution in [0.1, 0.15) is 29.5 Å². The number of aliphatic hydroxyl groups is 1. The molecule has 1 aliphatic rings. The van der Waals surface area contributed by atoms with Gasteiger partial charge in [-0.15, -0.1) is 0 Å². The third-order valence-electron chi connectivity index (χ3n) is 5.58. The van der Waals surface area contributed by atoms with E-state index in [1.165, 1.54) is 12.0 Å². The molecule has 1 unspecified atom stereocenters. The van der Waals surface area contributed by atoms with Gasteiger partial charge in [0.1, 0.15) is 24.7 Å². The van der Waals surface area contributed by atoms with Crippen LogP contribution in [0.2, 0.25) is 0 Å². The highest BCUT2D eigenvalue weighted by molar-refractivity contribution is 5.33. The summed E-state index contributed by atoms with van der Waals surface area (Å²) in [5.74, 6) is 1.60. The fraction of sp³-hybridized carbons (Fsp3) is 0.308. The number of ether oxygens (including phenoxy) is 2. The van der Waals surface area contributed by atoms with Crippen LogP contribution in [-0.4, -0.2) is 29.2 Å². The first kappa shape index (κ1) is 20.5. The zero-order chi connectivity index (χ0) is 20.6. The lowest BCUT2D eigenvalue weighted by Crippen LogP contribution is -2.31. The highest BCUT2D eigenvalue weighted by Crippen LogP contribution is 2.22. The summed E-state index contributed by atoms with van der Waals surface area (Å²) < 4.78 is 11.8. The van der Waals surface area contributed by atoms with Crippen molar-refractivity contribution in [1.29, 1.82) is 0 Å². The molecule has 156 valence electrons. The predicted molar refractivity (Wildman–Crippen MR) is 119 cm³/mol. The maximum atomic E-state index is 9.48. The molecule has 0 saturated carbocycles. The molecule has 3 aromatic carbocycles. The van der Waals surface area contributed by atoms with E-state index in [1.54, 1.807) is 0 Å². The standard InChI is InChI=1S/C26H29NO3/c28-18-24-8-5-15-27(24)17-21-11-13-23(14-12-21)20-30-26-10-4-9-25(16-26)29-19-22-6-2-1-3-7-22/h1-4,6-7,9-14,16,24,28H,5,8,15,17-20H2. The van der Waals surface area contributed by atoms with E-state index in [2.05, 4.69) is 41.3 Å². The number of rotatable bonds is 9. The Balaban J connectivity index is 1.28. The zero-order valence-electron chi connectivity index (χ0n) is 17.2. The van der Waals surface area contributed by atoms with E-state index < -0.39 is 0 Å². The maximum Gasteiger partial charge on any atom is 0.123 e. The Hall–Kier alpha value is -2.82. The third kappa shape index (κ3) is 5.62. The Morgan fingerprint density at radius 1 is 0.767 bits per heavy atom. The van der Waals surface area contributed by atoms with Crippen LogP contribution < -0.4 is 9.47 Å². The zero-order valence-corrected chi connectivity index (χ0v) is 17.2. The van der Waals surface area contributed by atoms with Crippen LogP contribution in [0, 0.1) is 0 Å². The van der Waals surface area contributed by atoms with Crippen molar-refractivity contribution in [3.63, 3.8) is 0 Å². The molecule has 0 amide bonds. The van der Waals surface area contributed by atoms with Crippen molar-refractivity contribution in [3.05, 3.63) is 95.6 Å². The van der Waals surface area contributed by atoms with Crippen molar-refractivity contribution in [3.8, 4) is 11.5 Å². The van der Waals surface area contributed by atoms with E-state index in [-0.39, 0.29) is 6.61 Å². The summed E-state index contributed by atoms with van der Waals surface area (Å²) in [4.78, 5) is 2.37. The molecule has 1 saturated heterocycles. The van der Waals surface area contributed by atoms with Gasteiger partial charge in [-0.25, -0.2) is 0 Å². The Morgan fingerprint density at radius 2 is 1.40 bits per heavy atom. The molecule has 30 heavy (non-hydrogen) atoms. The summed E-state index contributed by atoms with van der Waals surface area (Å²) in [5, 5.41) is 9.48. The van der Waals surface area contributed by atoms with Crippen LogP contribution in [0.4, 0.5) is 0 Å². The summed E-state index contributed by atoms with van der Waals surface area (Å²) in [6.45, 7) is 3.28.